The van der Waals surface area contributed by atoms with Gasteiger partial charge in [0.05, 0.1) is 7.11 Å². The van der Waals surface area contributed by atoms with E-state index in [4.69, 9.17) is 4.74 Å². The van der Waals surface area contributed by atoms with Crippen LogP contribution in [0.3, 0.4) is 0 Å². The fourth-order valence-electron chi connectivity index (χ4n) is 1.86. The summed E-state index contributed by atoms with van der Waals surface area (Å²) in [6, 6.07) is 5.43. The summed E-state index contributed by atoms with van der Waals surface area (Å²) >= 11 is 0. The van der Waals surface area contributed by atoms with E-state index >= 15 is 0 Å². The minimum Gasteiger partial charge on any atom is -0.494 e. The van der Waals surface area contributed by atoms with E-state index in [0.717, 1.165) is 18.5 Å². The Bertz CT molecular complexity index is 321. The van der Waals surface area contributed by atoms with Crippen LogP contribution in [0.15, 0.2) is 18.2 Å². The van der Waals surface area contributed by atoms with Gasteiger partial charge in [0.15, 0.2) is 11.6 Å². The molecule has 0 saturated carbocycles. The fourth-order valence-corrected chi connectivity index (χ4v) is 1.86. The summed E-state index contributed by atoms with van der Waals surface area (Å²) in [5.41, 5.74) is 1.11. The van der Waals surface area contributed by atoms with Gasteiger partial charge in [-0.2, -0.15) is 0 Å². The molecule has 1 aromatic carbocycles. The molecule has 1 N–H and O–H groups in total. The predicted octanol–water partition coefficient (Wildman–Crippen LogP) is 2.26. The minimum atomic E-state index is -0.297. The third-order valence-corrected chi connectivity index (χ3v) is 2.64. The van der Waals surface area contributed by atoms with E-state index in [0.29, 0.717) is 11.8 Å². The molecule has 1 fully saturated rings. The van der Waals surface area contributed by atoms with Crippen molar-refractivity contribution in [3.05, 3.63) is 29.6 Å². The molecule has 0 spiro atoms. The zero-order valence-corrected chi connectivity index (χ0v) is 8.22. The van der Waals surface area contributed by atoms with Crippen LogP contribution in [0, 0.1) is 5.82 Å². The van der Waals surface area contributed by atoms with Crippen LogP contribution in [0.2, 0.25) is 0 Å². The van der Waals surface area contributed by atoms with E-state index in [2.05, 4.69) is 5.32 Å². The second-order valence-corrected chi connectivity index (χ2v) is 3.54. The molecular weight excluding hydrogens is 181 g/mol. The molecule has 1 aliphatic heterocycles. The number of nitrogens with one attached hydrogen (secondary N) is 1. The molecular formula is C11H14FNO. The Morgan fingerprint density at radius 3 is 3.00 bits per heavy atom. The van der Waals surface area contributed by atoms with Gasteiger partial charge in [0.2, 0.25) is 0 Å². The van der Waals surface area contributed by atoms with E-state index < -0.39 is 0 Å². The lowest BCUT2D eigenvalue weighted by molar-refractivity contribution is 0.385. The quantitative estimate of drug-likeness (QED) is 0.781. The van der Waals surface area contributed by atoms with Crippen molar-refractivity contribution >= 4 is 0 Å². The Morgan fingerprint density at radius 1 is 1.50 bits per heavy atom. The van der Waals surface area contributed by atoms with E-state index in [-0.39, 0.29) is 5.82 Å². The molecule has 0 aliphatic carbocycles. The van der Waals surface area contributed by atoms with Gasteiger partial charge in [-0.1, -0.05) is 6.07 Å². The molecule has 1 atom stereocenters. The van der Waals surface area contributed by atoms with Crippen molar-refractivity contribution in [3.8, 4) is 5.75 Å². The summed E-state index contributed by atoms with van der Waals surface area (Å²) in [6.45, 7) is 1.05. The molecule has 1 heterocycles. The van der Waals surface area contributed by atoms with Gasteiger partial charge in [-0.25, -0.2) is 4.39 Å². The maximum atomic E-state index is 13.1. The van der Waals surface area contributed by atoms with Gasteiger partial charge in [-0.15, -0.1) is 0 Å². The van der Waals surface area contributed by atoms with Gasteiger partial charge < -0.3 is 10.1 Å². The lowest BCUT2D eigenvalue weighted by atomic mass is 10.1. The van der Waals surface area contributed by atoms with Crippen LogP contribution in [0.1, 0.15) is 24.4 Å². The number of halogens is 1. The van der Waals surface area contributed by atoms with E-state index in [9.17, 15) is 4.39 Å². The summed E-state index contributed by atoms with van der Waals surface area (Å²) < 4.78 is 18.1. The van der Waals surface area contributed by atoms with Crippen LogP contribution in [-0.2, 0) is 0 Å². The van der Waals surface area contributed by atoms with Crippen molar-refractivity contribution in [3.63, 3.8) is 0 Å². The summed E-state index contributed by atoms with van der Waals surface area (Å²) in [6.07, 6.45) is 2.30. The number of benzene rings is 1. The molecule has 1 aromatic rings. The number of rotatable bonds is 2. The summed E-state index contributed by atoms with van der Waals surface area (Å²) in [4.78, 5) is 0. The Hall–Kier alpha value is -1.09. The van der Waals surface area contributed by atoms with Crippen molar-refractivity contribution in [1.29, 1.82) is 0 Å². The van der Waals surface area contributed by atoms with E-state index in [1.165, 1.54) is 19.6 Å². The van der Waals surface area contributed by atoms with Crippen LogP contribution in [-0.4, -0.2) is 13.7 Å². The molecule has 1 unspecified atom stereocenters. The highest BCUT2D eigenvalue weighted by Crippen LogP contribution is 2.27. The highest BCUT2D eigenvalue weighted by atomic mass is 19.1. The molecule has 3 heteroatoms. The Kier molecular flexibility index (Phi) is 2.68. The van der Waals surface area contributed by atoms with Crippen molar-refractivity contribution < 1.29 is 9.13 Å². The molecule has 2 nitrogen and oxygen atoms in total. The predicted molar refractivity (Wildman–Crippen MR) is 52.9 cm³/mol. The monoisotopic (exact) mass is 195 g/mol. The van der Waals surface area contributed by atoms with E-state index in [1.807, 2.05) is 6.07 Å². The molecule has 0 bridgehead atoms. The highest BCUT2D eigenvalue weighted by molar-refractivity contribution is 5.32. The highest BCUT2D eigenvalue weighted by Gasteiger charge is 2.17. The lowest BCUT2D eigenvalue weighted by Gasteiger charge is -2.12. The normalized spacial score (nSPS) is 21.1. The topological polar surface area (TPSA) is 21.3 Å². The lowest BCUT2D eigenvalue weighted by Crippen LogP contribution is -2.12. The second-order valence-electron chi connectivity index (χ2n) is 3.54. The molecule has 76 valence electrons. The van der Waals surface area contributed by atoms with E-state index in [1.54, 1.807) is 6.07 Å². The smallest absolute Gasteiger partial charge is 0.165 e. The Labute approximate surface area is 83.1 Å². The van der Waals surface area contributed by atoms with Crippen molar-refractivity contribution in [2.45, 2.75) is 18.9 Å². The van der Waals surface area contributed by atoms with Crippen LogP contribution in [0.25, 0.3) is 0 Å². The average Bonchev–Trinajstić information content (AvgIpc) is 2.71. The summed E-state index contributed by atoms with van der Waals surface area (Å²) in [5, 5.41) is 3.37. The average molecular weight is 195 g/mol. The van der Waals surface area contributed by atoms with Crippen LogP contribution < -0.4 is 10.1 Å². The summed E-state index contributed by atoms with van der Waals surface area (Å²) in [5.74, 6) is 0.0328. The molecule has 2 rings (SSSR count). The number of ether oxygens (including phenoxy) is 1. The first kappa shape index (κ1) is 9.46. The second kappa shape index (κ2) is 3.96. The van der Waals surface area contributed by atoms with Gasteiger partial charge in [-0.3, -0.25) is 0 Å². The number of hydrogen-bond donors (Lipinski definition) is 1. The molecule has 1 aliphatic rings. The van der Waals surface area contributed by atoms with Crippen molar-refractivity contribution in [1.82, 2.24) is 5.32 Å². The van der Waals surface area contributed by atoms with Crippen molar-refractivity contribution in [2.75, 3.05) is 13.7 Å². The van der Waals surface area contributed by atoms with Gasteiger partial charge in [-0.05, 0) is 37.1 Å². The molecule has 1 saturated heterocycles. The summed E-state index contributed by atoms with van der Waals surface area (Å²) in [7, 11) is 1.49. The van der Waals surface area contributed by atoms with Crippen molar-refractivity contribution in [2.24, 2.45) is 0 Å². The van der Waals surface area contributed by atoms with Crippen LogP contribution in [0.5, 0.6) is 5.75 Å². The van der Waals surface area contributed by atoms with Gasteiger partial charge in [0.1, 0.15) is 0 Å². The van der Waals surface area contributed by atoms with Crippen LogP contribution >= 0.6 is 0 Å². The zero-order chi connectivity index (χ0) is 9.97. The zero-order valence-electron chi connectivity index (χ0n) is 8.22. The van der Waals surface area contributed by atoms with Gasteiger partial charge in [0, 0.05) is 6.04 Å². The molecule has 14 heavy (non-hydrogen) atoms. The largest absolute Gasteiger partial charge is 0.494 e. The number of hydrogen-bond acceptors (Lipinski definition) is 2. The van der Waals surface area contributed by atoms with Crippen LogP contribution in [0.4, 0.5) is 4.39 Å². The number of methoxy groups -OCH3 is 1. The van der Waals surface area contributed by atoms with Gasteiger partial charge in [0.25, 0.3) is 0 Å². The third-order valence-electron chi connectivity index (χ3n) is 2.64. The first-order chi connectivity index (χ1) is 6.81. The maximum absolute atomic E-state index is 13.1. The first-order valence-electron chi connectivity index (χ1n) is 4.88. The Morgan fingerprint density at radius 2 is 2.36 bits per heavy atom. The standard InChI is InChI=1S/C11H14FNO/c1-14-11-7-8(4-5-9(11)12)10-3-2-6-13-10/h4-5,7,10,13H,2-3,6H2,1H3. The molecule has 0 radical (unpaired) electrons. The fraction of sp³-hybridized carbons (Fsp3) is 0.455. The minimum absolute atomic E-state index is 0.297. The third kappa shape index (κ3) is 1.73. The molecule has 0 amide bonds. The Balaban J connectivity index is 2.25. The first-order valence-corrected chi connectivity index (χ1v) is 4.88. The van der Waals surface area contributed by atoms with Gasteiger partial charge >= 0.3 is 0 Å². The molecule has 0 aromatic heterocycles. The maximum Gasteiger partial charge on any atom is 0.165 e. The SMILES string of the molecule is COc1cc(C2CCCN2)ccc1F.